The molecule has 2 aromatic carbocycles. The molecule has 5 heteroatoms. The van der Waals surface area contributed by atoms with Gasteiger partial charge in [0.05, 0.1) is 11.6 Å². The third kappa shape index (κ3) is 4.65. The van der Waals surface area contributed by atoms with Crippen molar-refractivity contribution in [3.8, 4) is 11.8 Å². The first-order valence-electron chi connectivity index (χ1n) is 9.14. The molecule has 0 fully saturated rings. The first-order valence-corrected chi connectivity index (χ1v) is 9.95. The molecule has 3 rings (SSSR count). The highest BCUT2D eigenvalue weighted by Gasteiger charge is 2.15. The second-order valence-electron chi connectivity index (χ2n) is 6.58. The summed E-state index contributed by atoms with van der Waals surface area (Å²) < 4.78 is 1.55. The quantitative estimate of drug-likeness (QED) is 0.543. The van der Waals surface area contributed by atoms with Crippen LogP contribution in [0.5, 0.6) is 0 Å². The van der Waals surface area contributed by atoms with Crippen molar-refractivity contribution >= 4 is 11.8 Å². The Bertz CT molecular complexity index is 1140. The number of hydrogen-bond acceptors (Lipinski definition) is 3. The van der Waals surface area contributed by atoms with Gasteiger partial charge in [-0.2, -0.15) is 0 Å². The molecule has 0 unspecified atom stereocenters. The van der Waals surface area contributed by atoms with Crippen LogP contribution < -0.4 is 11.2 Å². The molecule has 4 nitrogen and oxygen atoms in total. The van der Waals surface area contributed by atoms with Gasteiger partial charge in [0, 0.05) is 16.0 Å². The van der Waals surface area contributed by atoms with Gasteiger partial charge in [-0.3, -0.25) is 14.3 Å². The molecule has 1 aromatic heterocycles. The van der Waals surface area contributed by atoms with Crippen molar-refractivity contribution in [2.24, 2.45) is 0 Å². The van der Waals surface area contributed by atoms with E-state index in [1.54, 1.807) is 4.57 Å². The zero-order valence-corrected chi connectivity index (χ0v) is 17.0. The molecule has 1 heterocycles. The molecule has 0 spiro atoms. The van der Waals surface area contributed by atoms with E-state index in [1.807, 2.05) is 51.1 Å². The fraction of sp³-hybridized carbons (Fsp3) is 0.217. The van der Waals surface area contributed by atoms with Crippen LogP contribution in [0.4, 0.5) is 0 Å². The number of rotatable bonds is 4. The SMILES string of the molecule is CCc1c(Sc2cc(C)cc(C)c2)n(CC#Cc2ccccc2)c(=O)[nH]c1=O. The molecular formula is C23H22N2O2S. The summed E-state index contributed by atoms with van der Waals surface area (Å²) in [5.74, 6) is 6.13. The summed E-state index contributed by atoms with van der Waals surface area (Å²) in [5, 5.41) is 0.656. The molecule has 3 aromatic rings. The number of hydrogen-bond donors (Lipinski definition) is 1. The summed E-state index contributed by atoms with van der Waals surface area (Å²) >= 11 is 1.44. The summed E-state index contributed by atoms with van der Waals surface area (Å²) in [6.45, 7) is 6.20. The van der Waals surface area contributed by atoms with Crippen molar-refractivity contribution in [1.82, 2.24) is 9.55 Å². The first kappa shape index (κ1) is 19.8. The topological polar surface area (TPSA) is 54.9 Å². The van der Waals surface area contributed by atoms with E-state index in [4.69, 9.17) is 0 Å². The smallest absolute Gasteiger partial charge is 0.276 e. The molecule has 0 saturated heterocycles. The van der Waals surface area contributed by atoms with Gasteiger partial charge in [-0.05, 0) is 55.7 Å². The molecule has 0 aliphatic rings. The van der Waals surface area contributed by atoms with Gasteiger partial charge in [0.15, 0.2) is 0 Å². The normalized spacial score (nSPS) is 10.4. The molecule has 0 atom stereocenters. The van der Waals surface area contributed by atoms with Crippen LogP contribution in [0.25, 0.3) is 0 Å². The lowest BCUT2D eigenvalue weighted by molar-refractivity contribution is 0.654. The van der Waals surface area contributed by atoms with Gasteiger partial charge in [0.2, 0.25) is 0 Å². The Kier molecular flexibility index (Phi) is 6.23. The zero-order valence-electron chi connectivity index (χ0n) is 16.2. The average molecular weight is 391 g/mol. The lowest BCUT2D eigenvalue weighted by Crippen LogP contribution is -2.33. The van der Waals surface area contributed by atoms with E-state index in [2.05, 4.69) is 35.0 Å². The van der Waals surface area contributed by atoms with E-state index in [9.17, 15) is 9.59 Å². The Hall–Kier alpha value is -2.97. The summed E-state index contributed by atoms with van der Waals surface area (Å²) in [4.78, 5) is 28.3. The van der Waals surface area contributed by atoms with Crippen LogP contribution in [-0.2, 0) is 13.0 Å². The second-order valence-corrected chi connectivity index (χ2v) is 7.64. The molecule has 0 radical (unpaired) electrons. The predicted molar refractivity (Wildman–Crippen MR) is 114 cm³/mol. The van der Waals surface area contributed by atoms with Gasteiger partial charge < -0.3 is 0 Å². The van der Waals surface area contributed by atoms with Crippen molar-refractivity contribution in [2.75, 3.05) is 0 Å². The Labute approximate surface area is 168 Å². The molecule has 0 bridgehead atoms. The standard InChI is InChI=1S/C23H22N2O2S/c1-4-20-21(26)24-23(27)25(12-8-11-18-9-6-5-7-10-18)22(20)28-19-14-16(2)13-17(3)15-19/h5-7,9-10,13-15H,4,12H2,1-3H3,(H,24,26,27). The third-order valence-electron chi connectivity index (χ3n) is 4.25. The van der Waals surface area contributed by atoms with Crippen LogP contribution in [0.2, 0.25) is 0 Å². The molecule has 0 saturated carbocycles. The summed E-state index contributed by atoms with van der Waals surface area (Å²) in [6.07, 6.45) is 0.537. The molecular weight excluding hydrogens is 368 g/mol. The monoisotopic (exact) mass is 390 g/mol. The van der Waals surface area contributed by atoms with Crippen molar-refractivity contribution in [2.45, 2.75) is 43.7 Å². The molecule has 142 valence electrons. The van der Waals surface area contributed by atoms with Crippen molar-refractivity contribution in [1.29, 1.82) is 0 Å². The number of aromatic amines is 1. The van der Waals surface area contributed by atoms with Crippen LogP contribution in [0.3, 0.4) is 0 Å². The largest absolute Gasteiger partial charge is 0.330 e. The lowest BCUT2D eigenvalue weighted by atomic mass is 10.2. The first-order chi connectivity index (χ1) is 13.5. The van der Waals surface area contributed by atoms with Crippen LogP contribution >= 0.6 is 11.8 Å². The van der Waals surface area contributed by atoms with E-state index in [-0.39, 0.29) is 12.1 Å². The van der Waals surface area contributed by atoms with Gasteiger partial charge in [0.1, 0.15) is 0 Å². The number of aromatic nitrogens is 2. The van der Waals surface area contributed by atoms with E-state index in [0.717, 1.165) is 21.6 Å². The minimum atomic E-state index is -0.434. The van der Waals surface area contributed by atoms with Crippen molar-refractivity contribution < 1.29 is 0 Å². The fourth-order valence-electron chi connectivity index (χ4n) is 3.01. The zero-order chi connectivity index (χ0) is 20.1. The number of benzene rings is 2. The molecule has 28 heavy (non-hydrogen) atoms. The molecule has 1 N–H and O–H groups in total. The Morgan fingerprint density at radius 3 is 2.36 bits per heavy atom. The lowest BCUT2D eigenvalue weighted by Gasteiger charge is -2.14. The summed E-state index contributed by atoms with van der Waals surface area (Å²) in [6, 6.07) is 15.8. The average Bonchev–Trinajstić information content (AvgIpc) is 2.64. The maximum Gasteiger partial charge on any atom is 0.330 e. The maximum atomic E-state index is 12.5. The van der Waals surface area contributed by atoms with Crippen LogP contribution in [0.15, 0.2) is 68.0 Å². The Morgan fingerprint density at radius 2 is 1.71 bits per heavy atom. The Balaban J connectivity index is 2.05. The van der Waals surface area contributed by atoms with E-state index >= 15 is 0 Å². The van der Waals surface area contributed by atoms with E-state index in [0.29, 0.717) is 17.0 Å². The highest BCUT2D eigenvalue weighted by molar-refractivity contribution is 7.99. The fourth-order valence-corrected chi connectivity index (χ4v) is 4.34. The van der Waals surface area contributed by atoms with Crippen molar-refractivity contribution in [3.05, 3.63) is 91.6 Å². The van der Waals surface area contributed by atoms with Gasteiger partial charge >= 0.3 is 5.69 Å². The number of aryl methyl sites for hydroxylation is 2. The van der Waals surface area contributed by atoms with Gasteiger partial charge in [-0.15, -0.1) is 0 Å². The minimum Gasteiger partial charge on any atom is -0.276 e. The number of H-pyrrole nitrogens is 1. The van der Waals surface area contributed by atoms with Gasteiger partial charge in [-0.1, -0.05) is 54.8 Å². The van der Waals surface area contributed by atoms with E-state index < -0.39 is 5.69 Å². The Morgan fingerprint density at radius 1 is 1.04 bits per heavy atom. The van der Waals surface area contributed by atoms with E-state index in [1.165, 1.54) is 11.8 Å². The number of nitrogens with one attached hydrogen (secondary N) is 1. The highest BCUT2D eigenvalue weighted by Crippen LogP contribution is 2.30. The van der Waals surface area contributed by atoms with Gasteiger partial charge in [-0.25, -0.2) is 4.79 Å². The number of nitrogens with zero attached hydrogens (tertiary/aromatic N) is 1. The second kappa shape index (κ2) is 8.81. The predicted octanol–water partition coefficient (Wildman–Crippen LogP) is 3.92. The molecule has 0 amide bonds. The van der Waals surface area contributed by atoms with Crippen LogP contribution in [0, 0.1) is 25.7 Å². The van der Waals surface area contributed by atoms with Crippen LogP contribution in [0.1, 0.15) is 29.2 Å². The maximum absolute atomic E-state index is 12.5. The summed E-state index contributed by atoms with van der Waals surface area (Å²) in [7, 11) is 0. The van der Waals surface area contributed by atoms with Crippen molar-refractivity contribution in [3.63, 3.8) is 0 Å². The summed E-state index contributed by atoms with van der Waals surface area (Å²) in [5.41, 5.74) is 3.01. The van der Waals surface area contributed by atoms with Crippen LogP contribution in [-0.4, -0.2) is 9.55 Å². The third-order valence-corrected chi connectivity index (χ3v) is 5.38. The van der Waals surface area contributed by atoms with Gasteiger partial charge in [0.25, 0.3) is 5.56 Å². The minimum absolute atomic E-state index is 0.213. The molecule has 0 aliphatic heterocycles. The molecule has 0 aliphatic carbocycles. The highest BCUT2D eigenvalue weighted by atomic mass is 32.2.